The normalized spacial score (nSPS) is 9.50. The van der Waals surface area contributed by atoms with Gasteiger partial charge in [0.15, 0.2) is 0 Å². The molecule has 72 valence electrons. The maximum Gasteiger partial charge on any atom is 0.337 e. The Morgan fingerprint density at radius 2 is 2.29 bits per heavy atom. The van der Waals surface area contributed by atoms with Crippen LogP contribution in [0.15, 0.2) is 12.1 Å². The molecule has 0 atom stereocenters. The number of alkyl halides is 1. The molecule has 0 aliphatic rings. The Morgan fingerprint density at radius 1 is 1.64 bits per heavy atom. The first-order chi connectivity index (χ1) is 6.60. The Morgan fingerprint density at radius 3 is 2.71 bits per heavy atom. The van der Waals surface area contributed by atoms with Crippen molar-refractivity contribution in [2.75, 3.05) is 0 Å². The number of halogens is 1. The second-order valence-corrected chi connectivity index (χ2v) is 3.44. The van der Waals surface area contributed by atoms with E-state index >= 15 is 0 Å². The van der Waals surface area contributed by atoms with Crippen molar-refractivity contribution in [2.45, 2.75) is 12.3 Å². The average Bonchev–Trinajstić information content (AvgIpc) is 2.17. The Labute approximate surface area is 90.1 Å². The summed E-state index contributed by atoms with van der Waals surface area (Å²) in [5.41, 5.74) is 2.08. The van der Waals surface area contributed by atoms with Crippen molar-refractivity contribution >= 4 is 21.9 Å². The molecule has 4 heteroatoms. The van der Waals surface area contributed by atoms with Crippen LogP contribution in [-0.2, 0) is 5.33 Å². The third kappa shape index (κ3) is 1.94. The molecule has 0 fully saturated rings. The van der Waals surface area contributed by atoms with Crippen LogP contribution in [0.2, 0.25) is 0 Å². The van der Waals surface area contributed by atoms with Crippen LogP contribution in [0.4, 0.5) is 0 Å². The van der Waals surface area contributed by atoms with Crippen molar-refractivity contribution in [1.29, 1.82) is 5.26 Å². The molecule has 0 radical (unpaired) electrons. The minimum Gasteiger partial charge on any atom is -0.478 e. The standard InChI is InChI=1S/C10H8BrNO2/c1-6-2-9(10(13)14)8(5-12)3-7(6)4-11/h2-3H,4H2,1H3,(H,13,14). The number of carboxylic acid groups (broad SMARTS) is 1. The van der Waals surface area contributed by atoms with E-state index in [1.54, 1.807) is 6.07 Å². The van der Waals surface area contributed by atoms with Crippen molar-refractivity contribution in [3.05, 3.63) is 34.4 Å². The first-order valence-corrected chi connectivity index (χ1v) is 5.05. The van der Waals surface area contributed by atoms with E-state index in [0.29, 0.717) is 5.33 Å². The summed E-state index contributed by atoms with van der Waals surface area (Å²) < 4.78 is 0. The van der Waals surface area contributed by atoms with E-state index in [2.05, 4.69) is 15.9 Å². The number of nitriles is 1. The van der Waals surface area contributed by atoms with Crippen LogP contribution in [0, 0.1) is 18.3 Å². The van der Waals surface area contributed by atoms with Gasteiger partial charge in [-0.3, -0.25) is 0 Å². The quantitative estimate of drug-likeness (QED) is 0.824. The Hall–Kier alpha value is -1.34. The minimum atomic E-state index is -1.06. The van der Waals surface area contributed by atoms with Gasteiger partial charge in [-0.2, -0.15) is 5.26 Å². The van der Waals surface area contributed by atoms with E-state index in [1.165, 1.54) is 6.07 Å². The fourth-order valence-corrected chi connectivity index (χ4v) is 1.77. The second kappa shape index (κ2) is 4.25. The van der Waals surface area contributed by atoms with E-state index in [1.807, 2.05) is 13.0 Å². The van der Waals surface area contributed by atoms with Gasteiger partial charge in [-0.15, -0.1) is 0 Å². The lowest BCUT2D eigenvalue weighted by Gasteiger charge is -2.05. The fourth-order valence-electron chi connectivity index (χ4n) is 1.17. The highest BCUT2D eigenvalue weighted by atomic mass is 79.9. The van der Waals surface area contributed by atoms with E-state index in [-0.39, 0.29) is 11.1 Å². The van der Waals surface area contributed by atoms with Crippen LogP contribution in [0.25, 0.3) is 0 Å². The topological polar surface area (TPSA) is 61.1 Å². The van der Waals surface area contributed by atoms with Gasteiger partial charge in [-0.05, 0) is 30.2 Å². The summed E-state index contributed by atoms with van der Waals surface area (Å²) in [5.74, 6) is -1.06. The van der Waals surface area contributed by atoms with Gasteiger partial charge in [-0.1, -0.05) is 15.9 Å². The molecule has 1 N–H and O–H groups in total. The summed E-state index contributed by atoms with van der Waals surface area (Å²) in [4.78, 5) is 10.8. The Kier molecular flexibility index (Phi) is 3.26. The highest BCUT2D eigenvalue weighted by Gasteiger charge is 2.12. The smallest absolute Gasteiger partial charge is 0.337 e. The number of nitrogens with zero attached hydrogens (tertiary/aromatic N) is 1. The highest BCUT2D eigenvalue weighted by molar-refractivity contribution is 9.08. The molecule has 1 aromatic rings. The summed E-state index contributed by atoms with van der Waals surface area (Å²) in [6, 6.07) is 5.01. The number of carbonyl (C=O) groups is 1. The lowest BCUT2D eigenvalue weighted by Crippen LogP contribution is -2.02. The fraction of sp³-hybridized carbons (Fsp3) is 0.200. The zero-order chi connectivity index (χ0) is 10.7. The van der Waals surface area contributed by atoms with Crippen LogP contribution in [-0.4, -0.2) is 11.1 Å². The van der Waals surface area contributed by atoms with Crippen molar-refractivity contribution in [3.8, 4) is 6.07 Å². The molecule has 14 heavy (non-hydrogen) atoms. The Balaban J connectivity index is 3.41. The number of hydrogen-bond donors (Lipinski definition) is 1. The molecule has 0 amide bonds. The van der Waals surface area contributed by atoms with E-state index in [4.69, 9.17) is 10.4 Å². The van der Waals surface area contributed by atoms with E-state index in [9.17, 15) is 4.79 Å². The molecule has 0 aromatic heterocycles. The first kappa shape index (κ1) is 10.7. The maximum atomic E-state index is 10.8. The monoisotopic (exact) mass is 253 g/mol. The first-order valence-electron chi connectivity index (χ1n) is 3.93. The molecule has 0 aliphatic heterocycles. The molecule has 0 heterocycles. The third-order valence-electron chi connectivity index (χ3n) is 1.97. The third-order valence-corrected chi connectivity index (χ3v) is 2.58. The molecule has 3 nitrogen and oxygen atoms in total. The number of rotatable bonds is 2. The van der Waals surface area contributed by atoms with Crippen LogP contribution < -0.4 is 0 Å². The minimum absolute atomic E-state index is 0.0645. The van der Waals surface area contributed by atoms with E-state index < -0.39 is 5.97 Å². The summed E-state index contributed by atoms with van der Waals surface area (Å²) in [5, 5.41) is 18.2. The molecule has 0 unspecified atom stereocenters. The Bertz CT molecular complexity index is 421. The number of hydrogen-bond acceptors (Lipinski definition) is 2. The molecule has 1 aromatic carbocycles. The molecular formula is C10H8BrNO2. The van der Waals surface area contributed by atoms with Gasteiger partial charge in [0.2, 0.25) is 0 Å². The number of benzene rings is 1. The zero-order valence-electron chi connectivity index (χ0n) is 7.54. The van der Waals surface area contributed by atoms with Gasteiger partial charge < -0.3 is 5.11 Å². The molecule has 0 aliphatic carbocycles. The predicted molar refractivity (Wildman–Crippen MR) is 55.5 cm³/mol. The van der Waals surface area contributed by atoms with Gasteiger partial charge >= 0.3 is 5.97 Å². The SMILES string of the molecule is Cc1cc(C(=O)O)c(C#N)cc1CBr. The van der Waals surface area contributed by atoms with Gasteiger partial charge in [0.1, 0.15) is 6.07 Å². The van der Waals surface area contributed by atoms with Gasteiger partial charge in [0.05, 0.1) is 11.1 Å². The molecule has 1 rings (SSSR count). The molecule has 0 spiro atoms. The molecule has 0 saturated heterocycles. The van der Waals surface area contributed by atoms with Crippen molar-refractivity contribution in [3.63, 3.8) is 0 Å². The zero-order valence-corrected chi connectivity index (χ0v) is 9.13. The highest BCUT2D eigenvalue weighted by Crippen LogP contribution is 2.18. The summed E-state index contributed by atoms with van der Waals surface area (Å²) in [6.07, 6.45) is 0. The van der Waals surface area contributed by atoms with Gasteiger partial charge in [0, 0.05) is 5.33 Å². The molecule has 0 bridgehead atoms. The maximum absolute atomic E-state index is 10.8. The summed E-state index contributed by atoms with van der Waals surface area (Å²) in [6.45, 7) is 1.82. The van der Waals surface area contributed by atoms with Crippen LogP contribution >= 0.6 is 15.9 Å². The lowest BCUT2D eigenvalue weighted by molar-refractivity contribution is 0.0696. The molecule has 0 saturated carbocycles. The van der Waals surface area contributed by atoms with Gasteiger partial charge in [-0.25, -0.2) is 4.79 Å². The van der Waals surface area contributed by atoms with Crippen molar-refractivity contribution in [1.82, 2.24) is 0 Å². The van der Waals surface area contributed by atoms with Crippen LogP contribution in [0.3, 0.4) is 0 Å². The predicted octanol–water partition coefficient (Wildman–Crippen LogP) is 2.46. The van der Waals surface area contributed by atoms with Gasteiger partial charge in [0.25, 0.3) is 0 Å². The molecular weight excluding hydrogens is 246 g/mol. The second-order valence-electron chi connectivity index (χ2n) is 2.87. The summed E-state index contributed by atoms with van der Waals surface area (Å²) >= 11 is 3.28. The summed E-state index contributed by atoms with van der Waals surface area (Å²) in [7, 11) is 0. The number of aromatic carboxylic acids is 1. The average molecular weight is 254 g/mol. The number of carboxylic acids is 1. The van der Waals surface area contributed by atoms with E-state index in [0.717, 1.165) is 11.1 Å². The van der Waals surface area contributed by atoms with Crippen LogP contribution in [0.1, 0.15) is 27.0 Å². The lowest BCUT2D eigenvalue weighted by atomic mass is 10.0. The number of aryl methyl sites for hydroxylation is 1. The van der Waals surface area contributed by atoms with Crippen molar-refractivity contribution in [2.24, 2.45) is 0 Å². The largest absolute Gasteiger partial charge is 0.478 e. The van der Waals surface area contributed by atoms with Crippen molar-refractivity contribution < 1.29 is 9.90 Å². The van der Waals surface area contributed by atoms with Crippen LogP contribution in [0.5, 0.6) is 0 Å².